The van der Waals surface area contributed by atoms with E-state index in [2.05, 4.69) is 38.3 Å². The van der Waals surface area contributed by atoms with Gasteiger partial charge in [0, 0.05) is 6.42 Å². The van der Waals surface area contributed by atoms with Crippen molar-refractivity contribution in [3.8, 4) is 0 Å². The van der Waals surface area contributed by atoms with Gasteiger partial charge in [0.25, 0.3) is 0 Å². The van der Waals surface area contributed by atoms with E-state index in [0.717, 1.165) is 24.0 Å². The molecule has 0 aromatic carbocycles. The molecule has 4 fully saturated rings. The van der Waals surface area contributed by atoms with Gasteiger partial charge in [0.1, 0.15) is 11.5 Å². The maximum atomic E-state index is 6.15. The van der Waals surface area contributed by atoms with Gasteiger partial charge >= 0.3 is 0 Å². The Bertz CT molecular complexity index is 517. The van der Waals surface area contributed by atoms with Gasteiger partial charge in [-0.1, -0.05) is 13.8 Å². The van der Waals surface area contributed by atoms with E-state index >= 15 is 0 Å². The Labute approximate surface area is 128 Å². The number of hydrogen-bond donors (Lipinski definition) is 1. The SMILES string of the molecule is CCc1ccc(C(NC)C23CC4CC(CC(C)(C4)C2)C3)o1. The number of rotatable bonds is 4. The molecule has 1 N–H and O–H groups in total. The van der Waals surface area contributed by atoms with Crippen molar-refractivity contribution >= 4 is 0 Å². The Morgan fingerprint density at radius 2 is 1.95 bits per heavy atom. The molecule has 5 rings (SSSR count). The number of nitrogens with one attached hydrogen (secondary N) is 1. The van der Waals surface area contributed by atoms with Gasteiger partial charge < -0.3 is 9.73 Å². The summed E-state index contributed by atoms with van der Waals surface area (Å²) < 4.78 is 6.15. The first-order valence-corrected chi connectivity index (χ1v) is 8.82. The van der Waals surface area contributed by atoms with Crippen molar-refractivity contribution in [2.45, 2.75) is 64.8 Å². The average molecular weight is 287 g/mol. The fourth-order valence-electron chi connectivity index (χ4n) is 6.63. The van der Waals surface area contributed by atoms with Crippen molar-refractivity contribution in [2.24, 2.45) is 22.7 Å². The van der Waals surface area contributed by atoms with Crippen LogP contribution < -0.4 is 5.32 Å². The van der Waals surface area contributed by atoms with Gasteiger partial charge in [-0.3, -0.25) is 0 Å². The normalized spacial score (nSPS) is 42.4. The predicted molar refractivity (Wildman–Crippen MR) is 85.1 cm³/mol. The molecule has 2 nitrogen and oxygen atoms in total. The number of aryl methyl sites for hydroxylation is 1. The summed E-state index contributed by atoms with van der Waals surface area (Å²) in [4.78, 5) is 0. The van der Waals surface area contributed by atoms with Gasteiger partial charge in [-0.15, -0.1) is 0 Å². The Morgan fingerprint density at radius 1 is 1.24 bits per heavy atom. The van der Waals surface area contributed by atoms with Crippen molar-refractivity contribution < 1.29 is 4.42 Å². The highest BCUT2D eigenvalue weighted by atomic mass is 16.3. The van der Waals surface area contributed by atoms with Gasteiger partial charge in [0.2, 0.25) is 0 Å². The van der Waals surface area contributed by atoms with Crippen molar-refractivity contribution in [2.75, 3.05) is 7.05 Å². The van der Waals surface area contributed by atoms with Crippen LogP contribution in [0.1, 0.15) is 69.9 Å². The van der Waals surface area contributed by atoms with Gasteiger partial charge in [0.05, 0.1) is 6.04 Å². The van der Waals surface area contributed by atoms with E-state index in [1.807, 2.05) is 0 Å². The summed E-state index contributed by atoms with van der Waals surface area (Å²) in [6.45, 7) is 4.72. The summed E-state index contributed by atoms with van der Waals surface area (Å²) in [5, 5.41) is 3.64. The molecule has 0 spiro atoms. The average Bonchev–Trinajstić information content (AvgIpc) is 2.84. The zero-order chi connectivity index (χ0) is 14.7. The van der Waals surface area contributed by atoms with Crippen LogP contribution in [-0.2, 0) is 6.42 Å². The molecular formula is C19H29NO. The highest BCUT2D eigenvalue weighted by molar-refractivity contribution is 5.18. The van der Waals surface area contributed by atoms with Crippen LogP contribution in [-0.4, -0.2) is 7.05 Å². The zero-order valence-electron chi connectivity index (χ0n) is 13.7. The van der Waals surface area contributed by atoms with Crippen LogP contribution in [0.5, 0.6) is 0 Å². The molecule has 1 heterocycles. The zero-order valence-corrected chi connectivity index (χ0v) is 13.7. The van der Waals surface area contributed by atoms with E-state index in [1.165, 1.54) is 44.3 Å². The Balaban J connectivity index is 1.69. The van der Waals surface area contributed by atoms with Crippen LogP contribution >= 0.6 is 0 Å². The van der Waals surface area contributed by atoms with Crippen molar-refractivity contribution in [3.63, 3.8) is 0 Å². The van der Waals surface area contributed by atoms with Gasteiger partial charge in [-0.2, -0.15) is 0 Å². The minimum atomic E-state index is 0.406. The topological polar surface area (TPSA) is 25.2 Å². The highest BCUT2D eigenvalue weighted by Gasteiger charge is 2.58. The minimum Gasteiger partial charge on any atom is -0.464 e. The summed E-state index contributed by atoms with van der Waals surface area (Å²) in [5.74, 6) is 4.24. The van der Waals surface area contributed by atoms with Crippen LogP contribution in [0.2, 0.25) is 0 Å². The minimum absolute atomic E-state index is 0.406. The number of hydrogen-bond acceptors (Lipinski definition) is 2. The van der Waals surface area contributed by atoms with Crippen LogP contribution in [0, 0.1) is 22.7 Å². The fraction of sp³-hybridized carbons (Fsp3) is 0.789. The summed E-state index contributed by atoms with van der Waals surface area (Å²) in [6, 6.07) is 4.80. The van der Waals surface area contributed by atoms with E-state index in [1.54, 1.807) is 0 Å². The van der Waals surface area contributed by atoms with Gasteiger partial charge in [-0.05, 0) is 80.4 Å². The summed E-state index contributed by atoms with van der Waals surface area (Å²) in [5.41, 5.74) is 1.04. The third-order valence-electron chi connectivity index (χ3n) is 6.62. The molecule has 1 aromatic rings. The van der Waals surface area contributed by atoms with Gasteiger partial charge in [0.15, 0.2) is 0 Å². The van der Waals surface area contributed by atoms with Gasteiger partial charge in [-0.25, -0.2) is 0 Å². The summed E-state index contributed by atoms with van der Waals surface area (Å²) >= 11 is 0. The summed E-state index contributed by atoms with van der Waals surface area (Å²) in [7, 11) is 2.12. The Morgan fingerprint density at radius 3 is 2.48 bits per heavy atom. The molecule has 4 bridgehead atoms. The second-order valence-electron chi connectivity index (χ2n) is 8.51. The van der Waals surface area contributed by atoms with Crippen LogP contribution in [0.3, 0.4) is 0 Å². The molecule has 4 aliphatic carbocycles. The molecule has 0 aliphatic heterocycles. The van der Waals surface area contributed by atoms with Crippen molar-refractivity contribution in [1.82, 2.24) is 5.32 Å². The first-order valence-electron chi connectivity index (χ1n) is 8.82. The maximum Gasteiger partial charge on any atom is 0.121 e. The first-order chi connectivity index (χ1) is 10.1. The Hall–Kier alpha value is -0.760. The third kappa shape index (κ3) is 2.10. The fourth-order valence-corrected chi connectivity index (χ4v) is 6.63. The Kier molecular flexibility index (Phi) is 3.05. The molecule has 21 heavy (non-hydrogen) atoms. The molecule has 2 heteroatoms. The quantitative estimate of drug-likeness (QED) is 0.867. The van der Waals surface area contributed by atoms with Crippen molar-refractivity contribution in [3.05, 3.63) is 23.7 Å². The van der Waals surface area contributed by atoms with E-state index in [9.17, 15) is 0 Å². The second-order valence-corrected chi connectivity index (χ2v) is 8.51. The highest BCUT2D eigenvalue weighted by Crippen LogP contribution is 2.68. The van der Waals surface area contributed by atoms with E-state index in [-0.39, 0.29) is 0 Å². The lowest BCUT2D eigenvalue weighted by atomic mass is 9.43. The van der Waals surface area contributed by atoms with Crippen LogP contribution in [0.15, 0.2) is 16.5 Å². The molecule has 3 unspecified atom stereocenters. The predicted octanol–water partition coefficient (Wildman–Crippen LogP) is 4.71. The molecule has 116 valence electrons. The van der Waals surface area contributed by atoms with Crippen molar-refractivity contribution in [1.29, 1.82) is 0 Å². The molecular weight excluding hydrogens is 258 g/mol. The van der Waals surface area contributed by atoms with E-state index in [0.29, 0.717) is 16.9 Å². The lowest BCUT2D eigenvalue weighted by Crippen LogP contribution is -2.54. The molecule has 4 saturated carbocycles. The summed E-state index contributed by atoms with van der Waals surface area (Å²) in [6.07, 6.45) is 9.64. The molecule has 1 aromatic heterocycles. The molecule has 4 aliphatic rings. The largest absolute Gasteiger partial charge is 0.464 e. The lowest BCUT2D eigenvalue weighted by molar-refractivity contribution is -0.120. The lowest BCUT2D eigenvalue weighted by Gasteiger charge is -2.63. The molecule has 0 saturated heterocycles. The van der Waals surface area contributed by atoms with E-state index < -0.39 is 0 Å². The third-order valence-corrected chi connectivity index (χ3v) is 6.62. The second kappa shape index (κ2) is 4.62. The number of furan rings is 1. The standard InChI is InChI=1S/C19H29NO/c1-4-15-5-6-16(21-15)17(20-3)19-10-13-7-14(11-19)9-18(2,8-13)12-19/h5-6,13-14,17,20H,4,7-12H2,1-3H3. The van der Waals surface area contributed by atoms with Crippen LogP contribution in [0.25, 0.3) is 0 Å². The molecule has 0 amide bonds. The first kappa shape index (κ1) is 13.9. The smallest absolute Gasteiger partial charge is 0.121 e. The van der Waals surface area contributed by atoms with E-state index in [4.69, 9.17) is 4.42 Å². The maximum absolute atomic E-state index is 6.15. The molecule has 3 atom stereocenters. The van der Waals surface area contributed by atoms with Crippen LogP contribution in [0.4, 0.5) is 0 Å². The molecule has 0 radical (unpaired) electrons. The monoisotopic (exact) mass is 287 g/mol.